The van der Waals surface area contributed by atoms with E-state index in [1.54, 1.807) is 17.6 Å². The molecule has 1 aromatic carbocycles. The van der Waals surface area contributed by atoms with Crippen molar-refractivity contribution in [1.82, 2.24) is 4.98 Å². The van der Waals surface area contributed by atoms with Crippen LogP contribution in [0.15, 0.2) is 17.6 Å². The molecule has 1 aromatic heterocycles. The summed E-state index contributed by atoms with van der Waals surface area (Å²) in [6.45, 7) is -0.252. The molecule has 2 aromatic rings. The minimum Gasteiger partial charge on any atom is -0.395 e. The van der Waals surface area contributed by atoms with Crippen LogP contribution in [0.2, 0.25) is 0 Å². The van der Waals surface area contributed by atoms with Gasteiger partial charge in [-0.3, -0.25) is 0 Å². The van der Waals surface area contributed by atoms with Crippen LogP contribution < -0.4 is 11.1 Å². The molecular weight excluding hydrogens is 248 g/mol. The van der Waals surface area contributed by atoms with Crippen molar-refractivity contribution < 1.29 is 13.9 Å². The lowest BCUT2D eigenvalue weighted by atomic mass is 10.2. The van der Waals surface area contributed by atoms with Crippen LogP contribution in [0, 0.1) is 0 Å². The average molecular weight is 259 g/mol. The highest BCUT2D eigenvalue weighted by atomic mass is 32.1. The molecule has 1 heterocycles. The van der Waals surface area contributed by atoms with Crippen LogP contribution in [0.4, 0.5) is 20.2 Å². The third-order valence-electron chi connectivity index (χ3n) is 2.33. The molecule has 0 saturated carbocycles. The third-order valence-corrected chi connectivity index (χ3v) is 3.13. The monoisotopic (exact) mass is 259 g/mol. The second-order valence-electron chi connectivity index (χ2n) is 3.51. The first-order valence-corrected chi connectivity index (χ1v) is 5.79. The number of hydrogen-bond acceptors (Lipinski definition) is 5. The molecule has 0 saturated heterocycles. The number of aromatic nitrogens is 1. The molecule has 92 valence electrons. The van der Waals surface area contributed by atoms with Gasteiger partial charge in [0.25, 0.3) is 6.43 Å². The van der Waals surface area contributed by atoms with Gasteiger partial charge >= 0.3 is 0 Å². The highest BCUT2D eigenvalue weighted by Gasteiger charge is 2.17. The molecule has 4 nitrogen and oxygen atoms in total. The Balaban J connectivity index is 2.16. The Kier molecular flexibility index (Phi) is 3.39. The number of aliphatic hydroxyl groups is 1. The summed E-state index contributed by atoms with van der Waals surface area (Å²) >= 11 is 1.45. The first-order valence-electron chi connectivity index (χ1n) is 4.91. The van der Waals surface area contributed by atoms with E-state index in [0.717, 1.165) is 4.70 Å². The van der Waals surface area contributed by atoms with Gasteiger partial charge in [-0.05, 0) is 12.1 Å². The minimum absolute atomic E-state index is 0.252. The van der Waals surface area contributed by atoms with Crippen molar-refractivity contribution >= 4 is 32.9 Å². The van der Waals surface area contributed by atoms with E-state index < -0.39 is 12.5 Å². The topological polar surface area (TPSA) is 71.2 Å². The van der Waals surface area contributed by atoms with Crippen LogP contribution in [0.25, 0.3) is 10.2 Å². The molecule has 0 aliphatic heterocycles. The van der Waals surface area contributed by atoms with Crippen LogP contribution in [0.5, 0.6) is 0 Å². The van der Waals surface area contributed by atoms with Gasteiger partial charge in [-0.1, -0.05) is 0 Å². The van der Waals surface area contributed by atoms with Gasteiger partial charge < -0.3 is 16.2 Å². The lowest BCUT2D eigenvalue weighted by Gasteiger charge is -2.13. The van der Waals surface area contributed by atoms with Crippen molar-refractivity contribution in [3.8, 4) is 0 Å². The Morgan fingerprint density at radius 3 is 2.94 bits per heavy atom. The van der Waals surface area contributed by atoms with Gasteiger partial charge in [0.2, 0.25) is 0 Å². The summed E-state index contributed by atoms with van der Waals surface area (Å²) in [5.41, 5.74) is 9.06. The largest absolute Gasteiger partial charge is 0.395 e. The quantitative estimate of drug-likeness (QED) is 0.733. The van der Waals surface area contributed by atoms with E-state index in [4.69, 9.17) is 10.8 Å². The summed E-state index contributed by atoms with van der Waals surface area (Å²) in [6.07, 6.45) is -4.48. The summed E-state index contributed by atoms with van der Waals surface area (Å²) in [7, 11) is 0. The van der Waals surface area contributed by atoms with Crippen molar-refractivity contribution in [3.05, 3.63) is 17.6 Å². The molecule has 2 rings (SSSR count). The number of benzene rings is 1. The molecular formula is C10H11F2N3OS. The van der Waals surface area contributed by atoms with Crippen LogP contribution in [-0.2, 0) is 0 Å². The molecule has 1 unspecified atom stereocenters. The Labute approximate surface area is 100 Å². The number of aliphatic hydroxyl groups excluding tert-OH is 1. The van der Waals surface area contributed by atoms with Crippen molar-refractivity contribution in [2.24, 2.45) is 0 Å². The maximum Gasteiger partial charge on any atom is 0.265 e. The van der Waals surface area contributed by atoms with Gasteiger partial charge in [-0.25, -0.2) is 13.8 Å². The number of nitrogens with two attached hydrogens (primary N) is 1. The smallest absolute Gasteiger partial charge is 0.265 e. The van der Waals surface area contributed by atoms with E-state index in [1.165, 1.54) is 11.3 Å². The number of nitrogen functional groups attached to an aromatic ring is 1. The van der Waals surface area contributed by atoms with Crippen LogP contribution in [0.1, 0.15) is 0 Å². The fourth-order valence-electron chi connectivity index (χ4n) is 1.41. The van der Waals surface area contributed by atoms with Gasteiger partial charge in [0.1, 0.15) is 11.6 Å². The third kappa shape index (κ3) is 2.45. The zero-order chi connectivity index (χ0) is 12.4. The average Bonchev–Trinajstić information content (AvgIpc) is 2.76. The number of rotatable bonds is 4. The second-order valence-corrected chi connectivity index (χ2v) is 4.39. The lowest BCUT2D eigenvalue weighted by Crippen LogP contribution is -2.27. The zero-order valence-electron chi connectivity index (χ0n) is 8.73. The van der Waals surface area contributed by atoms with Crippen LogP contribution in [0.3, 0.4) is 0 Å². The van der Waals surface area contributed by atoms with E-state index in [1.807, 2.05) is 0 Å². The SMILES string of the molecule is Nc1c(NCC(O)C(F)F)ccc2scnc12. The first-order chi connectivity index (χ1) is 8.09. The molecule has 17 heavy (non-hydrogen) atoms. The lowest BCUT2D eigenvalue weighted by molar-refractivity contribution is 0.00385. The number of nitrogens with one attached hydrogen (secondary N) is 1. The summed E-state index contributed by atoms with van der Waals surface area (Å²) in [5.74, 6) is 0. The van der Waals surface area contributed by atoms with E-state index >= 15 is 0 Å². The van der Waals surface area contributed by atoms with Gasteiger partial charge in [-0.15, -0.1) is 11.3 Å². The molecule has 0 radical (unpaired) electrons. The molecule has 4 N–H and O–H groups in total. The Morgan fingerprint density at radius 1 is 1.47 bits per heavy atom. The fraction of sp³-hybridized carbons (Fsp3) is 0.300. The maximum absolute atomic E-state index is 12.1. The molecule has 0 spiro atoms. The van der Waals surface area contributed by atoms with Crippen molar-refractivity contribution in [3.63, 3.8) is 0 Å². The van der Waals surface area contributed by atoms with Crippen molar-refractivity contribution in [2.45, 2.75) is 12.5 Å². The van der Waals surface area contributed by atoms with Gasteiger partial charge in [-0.2, -0.15) is 0 Å². The number of anilines is 2. The first kappa shape index (κ1) is 12.0. The highest BCUT2D eigenvalue weighted by Crippen LogP contribution is 2.29. The summed E-state index contributed by atoms with van der Waals surface area (Å²) in [6, 6.07) is 3.49. The zero-order valence-corrected chi connectivity index (χ0v) is 9.55. The molecule has 0 bridgehead atoms. The second kappa shape index (κ2) is 4.80. The molecule has 0 aliphatic carbocycles. The number of nitrogens with zero attached hydrogens (tertiary/aromatic N) is 1. The number of thiazole rings is 1. The fourth-order valence-corrected chi connectivity index (χ4v) is 2.10. The summed E-state index contributed by atoms with van der Waals surface area (Å²) in [4.78, 5) is 4.08. The Hall–Kier alpha value is -1.47. The predicted molar refractivity (Wildman–Crippen MR) is 64.5 cm³/mol. The van der Waals surface area contributed by atoms with E-state index in [0.29, 0.717) is 16.9 Å². The number of hydrogen-bond donors (Lipinski definition) is 3. The maximum atomic E-state index is 12.1. The van der Waals surface area contributed by atoms with E-state index in [-0.39, 0.29) is 6.54 Å². The Morgan fingerprint density at radius 2 is 2.24 bits per heavy atom. The van der Waals surface area contributed by atoms with Crippen molar-refractivity contribution in [1.29, 1.82) is 0 Å². The van der Waals surface area contributed by atoms with E-state index in [9.17, 15) is 8.78 Å². The summed E-state index contributed by atoms with van der Waals surface area (Å²) in [5, 5.41) is 11.7. The normalized spacial score (nSPS) is 13.2. The molecule has 0 fully saturated rings. The van der Waals surface area contributed by atoms with E-state index in [2.05, 4.69) is 10.3 Å². The van der Waals surface area contributed by atoms with Gasteiger partial charge in [0.05, 0.1) is 21.6 Å². The van der Waals surface area contributed by atoms with Crippen LogP contribution in [-0.4, -0.2) is 29.2 Å². The molecule has 1 atom stereocenters. The molecule has 0 aliphatic rings. The Bertz CT molecular complexity index is 517. The standard InChI is InChI=1S/C10H11F2N3OS/c11-10(12)6(16)3-14-5-1-2-7-9(8(5)13)15-4-17-7/h1-2,4,6,10,14,16H,3,13H2. The number of halogens is 2. The minimum atomic E-state index is -2.77. The molecule has 0 amide bonds. The van der Waals surface area contributed by atoms with Crippen molar-refractivity contribution in [2.75, 3.05) is 17.6 Å². The number of fused-ring (bicyclic) bond motifs is 1. The summed E-state index contributed by atoms with van der Waals surface area (Å²) < 4.78 is 25.1. The predicted octanol–water partition coefficient (Wildman–Crippen LogP) is 1.92. The van der Waals surface area contributed by atoms with Gasteiger partial charge in [0.15, 0.2) is 0 Å². The number of alkyl halides is 2. The molecule has 7 heteroatoms. The highest BCUT2D eigenvalue weighted by molar-refractivity contribution is 7.16. The van der Waals surface area contributed by atoms with Crippen LogP contribution >= 0.6 is 11.3 Å². The van der Waals surface area contributed by atoms with Gasteiger partial charge in [0, 0.05) is 6.54 Å².